The highest BCUT2D eigenvalue weighted by atomic mass is 32.1. The van der Waals surface area contributed by atoms with Crippen molar-refractivity contribution in [2.24, 2.45) is 11.7 Å². The molecule has 2 unspecified atom stereocenters. The Bertz CT molecular complexity index is 413. The minimum absolute atomic E-state index is 0.474. The van der Waals surface area contributed by atoms with Crippen molar-refractivity contribution in [2.75, 3.05) is 6.54 Å². The number of nitrogens with zero attached hydrogens (tertiary/aromatic N) is 1. The van der Waals surface area contributed by atoms with Crippen LogP contribution in [0.5, 0.6) is 0 Å². The van der Waals surface area contributed by atoms with Crippen molar-refractivity contribution in [3.8, 4) is 0 Å². The van der Waals surface area contributed by atoms with Gasteiger partial charge in [0.2, 0.25) is 0 Å². The first-order valence-corrected chi connectivity index (χ1v) is 7.10. The second-order valence-corrected chi connectivity index (χ2v) is 5.95. The van der Waals surface area contributed by atoms with Crippen LogP contribution in [0.4, 0.5) is 0 Å². The molecule has 0 spiro atoms. The third-order valence-electron chi connectivity index (χ3n) is 3.90. The molecular formula is C15H22N2S. The minimum Gasteiger partial charge on any atom is -0.389 e. The molecule has 3 heteroatoms. The van der Waals surface area contributed by atoms with E-state index in [1.54, 1.807) is 0 Å². The molecule has 2 nitrogen and oxygen atoms in total. The van der Waals surface area contributed by atoms with E-state index in [1.165, 1.54) is 24.9 Å². The fourth-order valence-electron chi connectivity index (χ4n) is 2.70. The number of piperidine rings is 1. The molecule has 18 heavy (non-hydrogen) atoms. The summed E-state index contributed by atoms with van der Waals surface area (Å²) in [5.41, 5.74) is 7.90. The number of hydrogen-bond donors (Lipinski definition) is 1. The molecule has 1 aliphatic rings. The summed E-state index contributed by atoms with van der Waals surface area (Å²) in [5, 5.41) is 0. The molecule has 0 aliphatic carbocycles. The minimum atomic E-state index is 0.474. The lowest BCUT2D eigenvalue weighted by Gasteiger charge is -2.36. The summed E-state index contributed by atoms with van der Waals surface area (Å²) >= 11 is 4.97. The Labute approximate surface area is 115 Å². The molecule has 1 saturated heterocycles. The highest BCUT2D eigenvalue weighted by Gasteiger charge is 2.22. The van der Waals surface area contributed by atoms with Gasteiger partial charge in [-0.1, -0.05) is 43.4 Å². The predicted octanol–water partition coefficient (Wildman–Crippen LogP) is 2.94. The molecule has 0 amide bonds. The van der Waals surface area contributed by atoms with Gasteiger partial charge in [0.15, 0.2) is 0 Å². The molecule has 0 aromatic heterocycles. The van der Waals surface area contributed by atoms with Crippen molar-refractivity contribution < 1.29 is 0 Å². The van der Waals surface area contributed by atoms with Gasteiger partial charge in [-0.2, -0.15) is 0 Å². The fourth-order valence-corrected chi connectivity index (χ4v) is 2.84. The van der Waals surface area contributed by atoms with Crippen molar-refractivity contribution >= 4 is 17.2 Å². The molecule has 2 N–H and O–H groups in total. The topological polar surface area (TPSA) is 29.3 Å². The normalized spacial score (nSPS) is 25.0. The van der Waals surface area contributed by atoms with Gasteiger partial charge in [0.05, 0.1) is 0 Å². The van der Waals surface area contributed by atoms with Gasteiger partial charge in [0, 0.05) is 18.2 Å². The zero-order chi connectivity index (χ0) is 13.1. The monoisotopic (exact) mass is 262 g/mol. The summed E-state index contributed by atoms with van der Waals surface area (Å²) in [5.74, 6) is 0.869. The van der Waals surface area contributed by atoms with E-state index in [1.807, 2.05) is 12.1 Å². The molecule has 1 heterocycles. The second kappa shape index (κ2) is 5.81. The van der Waals surface area contributed by atoms with Crippen LogP contribution < -0.4 is 5.73 Å². The first kappa shape index (κ1) is 13.5. The lowest BCUT2D eigenvalue weighted by molar-refractivity contribution is 0.122. The molecule has 1 fully saturated rings. The Morgan fingerprint density at radius 2 is 2.00 bits per heavy atom. The van der Waals surface area contributed by atoms with Crippen LogP contribution in [0.15, 0.2) is 24.3 Å². The quantitative estimate of drug-likeness (QED) is 0.849. The molecule has 2 atom stereocenters. The average molecular weight is 262 g/mol. The largest absolute Gasteiger partial charge is 0.389 e. The van der Waals surface area contributed by atoms with Crippen LogP contribution in [0.3, 0.4) is 0 Å². The summed E-state index contributed by atoms with van der Waals surface area (Å²) in [6.45, 7) is 6.93. The van der Waals surface area contributed by atoms with Crippen LogP contribution in [0.2, 0.25) is 0 Å². The number of hydrogen-bond acceptors (Lipinski definition) is 2. The second-order valence-electron chi connectivity index (χ2n) is 5.51. The SMILES string of the molecule is CC1CCN(Cc2ccc(C(N)=S)cc2)C(C)C1. The van der Waals surface area contributed by atoms with Gasteiger partial charge in [-0.25, -0.2) is 0 Å². The van der Waals surface area contributed by atoms with Gasteiger partial charge < -0.3 is 5.73 Å². The van der Waals surface area contributed by atoms with Crippen LogP contribution in [0, 0.1) is 5.92 Å². The lowest BCUT2D eigenvalue weighted by Crippen LogP contribution is -2.39. The van der Waals surface area contributed by atoms with Gasteiger partial charge in [-0.05, 0) is 37.8 Å². The summed E-state index contributed by atoms with van der Waals surface area (Å²) in [6, 6.07) is 9.01. The van der Waals surface area contributed by atoms with Gasteiger partial charge in [0.25, 0.3) is 0 Å². The molecular weight excluding hydrogens is 240 g/mol. The van der Waals surface area contributed by atoms with Crippen LogP contribution in [0.25, 0.3) is 0 Å². The van der Waals surface area contributed by atoms with Gasteiger partial charge >= 0.3 is 0 Å². The Morgan fingerprint density at radius 1 is 1.33 bits per heavy atom. The van der Waals surface area contributed by atoms with Crippen molar-refractivity contribution in [1.82, 2.24) is 4.90 Å². The molecule has 1 aliphatic heterocycles. The maximum Gasteiger partial charge on any atom is 0.103 e. The first-order valence-electron chi connectivity index (χ1n) is 6.69. The van der Waals surface area contributed by atoms with Crippen LogP contribution >= 0.6 is 12.2 Å². The summed E-state index contributed by atoms with van der Waals surface area (Å²) < 4.78 is 0. The maximum atomic E-state index is 5.61. The molecule has 0 bridgehead atoms. The van der Waals surface area contributed by atoms with E-state index in [0.29, 0.717) is 11.0 Å². The van der Waals surface area contributed by atoms with E-state index < -0.39 is 0 Å². The molecule has 1 aromatic rings. The predicted molar refractivity (Wildman–Crippen MR) is 80.6 cm³/mol. The zero-order valence-corrected chi connectivity index (χ0v) is 12.0. The molecule has 0 radical (unpaired) electrons. The summed E-state index contributed by atoms with van der Waals surface area (Å²) in [6.07, 6.45) is 2.63. The average Bonchev–Trinajstić information content (AvgIpc) is 2.33. The molecule has 1 aromatic carbocycles. The van der Waals surface area contributed by atoms with Gasteiger partial charge in [-0.3, -0.25) is 4.90 Å². The molecule has 2 rings (SSSR count). The lowest BCUT2D eigenvalue weighted by atomic mass is 9.93. The van der Waals surface area contributed by atoms with E-state index in [2.05, 4.69) is 30.9 Å². The number of thiocarbonyl (C=S) groups is 1. The number of rotatable bonds is 3. The van der Waals surface area contributed by atoms with E-state index in [0.717, 1.165) is 18.0 Å². The highest BCUT2D eigenvalue weighted by molar-refractivity contribution is 7.80. The third-order valence-corrected chi connectivity index (χ3v) is 4.14. The number of likely N-dealkylation sites (tertiary alicyclic amines) is 1. The van der Waals surface area contributed by atoms with E-state index >= 15 is 0 Å². The van der Waals surface area contributed by atoms with Crippen molar-refractivity contribution in [3.05, 3.63) is 35.4 Å². The van der Waals surface area contributed by atoms with Crippen LogP contribution in [0.1, 0.15) is 37.8 Å². The van der Waals surface area contributed by atoms with Gasteiger partial charge in [-0.15, -0.1) is 0 Å². The van der Waals surface area contributed by atoms with E-state index in [4.69, 9.17) is 18.0 Å². The standard InChI is InChI=1S/C15H22N2S/c1-11-7-8-17(12(2)9-11)10-13-3-5-14(6-4-13)15(16)18/h3-6,11-12H,7-10H2,1-2H3,(H2,16,18). The van der Waals surface area contributed by atoms with Crippen molar-refractivity contribution in [1.29, 1.82) is 0 Å². The van der Waals surface area contributed by atoms with E-state index in [-0.39, 0.29) is 0 Å². The van der Waals surface area contributed by atoms with Crippen molar-refractivity contribution in [3.63, 3.8) is 0 Å². The Balaban J connectivity index is 1.99. The summed E-state index contributed by atoms with van der Waals surface area (Å²) in [4.78, 5) is 3.04. The number of nitrogens with two attached hydrogens (primary N) is 1. The Hall–Kier alpha value is -0.930. The van der Waals surface area contributed by atoms with Crippen molar-refractivity contribution in [2.45, 2.75) is 39.3 Å². The Kier molecular flexibility index (Phi) is 4.36. The summed E-state index contributed by atoms with van der Waals surface area (Å²) in [7, 11) is 0. The highest BCUT2D eigenvalue weighted by Crippen LogP contribution is 2.23. The smallest absolute Gasteiger partial charge is 0.103 e. The van der Waals surface area contributed by atoms with Crippen LogP contribution in [-0.2, 0) is 6.54 Å². The molecule has 0 saturated carbocycles. The van der Waals surface area contributed by atoms with Crippen LogP contribution in [-0.4, -0.2) is 22.5 Å². The fraction of sp³-hybridized carbons (Fsp3) is 0.533. The first-order chi connectivity index (χ1) is 8.56. The zero-order valence-electron chi connectivity index (χ0n) is 11.2. The number of benzene rings is 1. The van der Waals surface area contributed by atoms with Gasteiger partial charge in [0.1, 0.15) is 4.99 Å². The maximum absolute atomic E-state index is 5.61. The third kappa shape index (κ3) is 3.30. The van der Waals surface area contributed by atoms with E-state index in [9.17, 15) is 0 Å². The Morgan fingerprint density at radius 3 is 2.56 bits per heavy atom. The molecule has 98 valence electrons.